The van der Waals surface area contributed by atoms with Gasteiger partial charge in [0.05, 0.1) is 0 Å². The van der Waals surface area contributed by atoms with Crippen LogP contribution in [0.4, 0.5) is 0 Å². The standard InChI is InChI=1S/C10H16O4/c1-5-9(6-13-8(4)11)14-10(12)7(2)3/h9H,2,5-6H2,1,3-4H3. The van der Waals surface area contributed by atoms with E-state index in [4.69, 9.17) is 9.47 Å². The molecular formula is C10H16O4. The summed E-state index contributed by atoms with van der Waals surface area (Å²) >= 11 is 0. The predicted octanol–water partition coefficient (Wildman–Crippen LogP) is 1.45. The lowest BCUT2D eigenvalue weighted by Crippen LogP contribution is -2.24. The van der Waals surface area contributed by atoms with E-state index in [9.17, 15) is 9.59 Å². The van der Waals surface area contributed by atoms with Crippen molar-refractivity contribution < 1.29 is 19.1 Å². The summed E-state index contributed by atoms with van der Waals surface area (Å²) in [5, 5.41) is 0. The maximum Gasteiger partial charge on any atom is 0.333 e. The smallest absolute Gasteiger partial charge is 0.333 e. The molecule has 4 nitrogen and oxygen atoms in total. The van der Waals surface area contributed by atoms with Crippen molar-refractivity contribution >= 4 is 11.9 Å². The van der Waals surface area contributed by atoms with Crippen molar-refractivity contribution in [2.75, 3.05) is 6.61 Å². The summed E-state index contributed by atoms with van der Waals surface area (Å²) in [6, 6.07) is 0. The summed E-state index contributed by atoms with van der Waals surface area (Å²) in [6.07, 6.45) is 0.217. The zero-order valence-electron chi connectivity index (χ0n) is 8.83. The lowest BCUT2D eigenvalue weighted by atomic mass is 10.3. The molecule has 0 N–H and O–H groups in total. The van der Waals surface area contributed by atoms with Crippen LogP contribution in [-0.2, 0) is 19.1 Å². The molecule has 0 fully saturated rings. The van der Waals surface area contributed by atoms with Gasteiger partial charge in [0, 0.05) is 12.5 Å². The van der Waals surface area contributed by atoms with Gasteiger partial charge < -0.3 is 9.47 Å². The molecule has 0 radical (unpaired) electrons. The molecule has 0 saturated carbocycles. The Balaban J connectivity index is 3.96. The van der Waals surface area contributed by atoms with E-state index in [1.165, 1.54) is 6.92 Å². The minimum Gasteiger partial charge on any atom is -0.462 e. The number of esters is 2. The Morgan fingerprint density at radius 1 is 1.36 bits per heavy atom. The van der Waals surface area contributed by atoms with Crippen LogP contribution in [0.3, 0.4) is 0 Å². The highest BCUT2D eigenvalue weighted by Gasteiger charge is 2.14. The van der Waals surface area contributed by atoms with E-state index in [1.54, 1.807) is 6.92 Å². The van der Waals surface area contributed by atoms with Crippen molar-refractivity contribution in [1.29, 1.82) is 0 Å². The fourth-order valence-corrected chi connectivity index (χ4v) is 0.697. The van der Waals surface area contributed by atoms with Gasteiger partial charge in [0.15, 0.2) is 0 Å². The average Bonchev–Trinajstić information content (AvgIpc) is 2.11. The molecule has 0 aromatic rings. The zero-order valence-corrected chi connectivity index (χ0v) is 8.83. The van der Waals surface area contributed by atoms with Gasteiger partial charge >= 0.3 is 11.9 Å². The molecule has 0 aliphatic heterocycles. The Labute approximate surface area is 83.9 Å². The third-order valence-corrected chi connectivity index (χ3v) is 1.55. The van der Waals surface area contributed by atoms with Crippen LogP contribution in [-0.4, -0.2) is 24.6 Å². The van der Waals surface area contributed by atoms with Crippen molar-refractivity contribution in [2.24, 2.45) is 0 Å². The summed E-state index contributed by atoms with van der Waals surface area (Å²) in [4.78, 5) is 21.6. The molecule has 0 heterocycles. The topological polar surface area (TPSA) is 52.6 Å². The number of carbonyl (C=O) groups is 2. The number of hydrogen-bond donors (Lipinski definition) is 0. The second-order valence-electron chi connectivity index (χ2n) is 3.02. The molecule has 0 aromatic carbocycles. The SMILES string of the molecule is C=C(C)C(=O)OC(CC)COC(C)=O. The molecule has 0 aliphatic rings. The minimum absolute atomic E-state index is 0.102. The third kappa shape index (κ3) is 5.35. The van der Waals surface area contributed by atoms with Crippen molar-refractivity contribution in [3.8, 4) is 0 Å². The van der Waals surface area contributed by atoms with Gasteiger partial charge in [0.25, 0.3) is 0 Å². The van der Waals surface area contributed by atoms with Crippen LogP contribution in [0, 0.1) is 0 Å². The molecule has 0 amide bonds. The molecule has 80 valence electrons. The van der Waals surface area contributed by atoms with E-state index in [-0.39, 0.29) is 18.7 Å². The van der Waals surface area contributed by atoms with E-state index >= 15 is 0 Å². The first-order chi connectivity index (χ1) is 6.47. The maximum absolute atomic E-state index is 11.1. The Morgan fingerprint density at radius 2 is 1.93 bits per heavy atom. The lowest BCUT2D eigenvalue weighted by molar-refractivity contribution is -0.155. The van der Waals surface area contributed by atoms with E-state index in [0.717, 1.165) is 0 Å². The maximum atomic E-state index is 11.1. The number of rotatable bonds is 5. The Hall–Kier alpha value is -1.32. The van der Waals surface area contributed by atoms with Gasteiger partial charge in [-0.25, -0.2) is 4.79 Å². The highest BCUT2D eigenvalue weighted by molar-refractivity contribution is 5.87. The third-order valence-electron chi connectivity index (χ3n) is 1.55. The summed E-state index contributed by atoms with van der Waals surface area (Å²) in [5.41, 5.74) is 0.339. The van der Waals surface area contributed by atoms with E-state index in [0.29, 0.717) is 12.0 Å². The van der Waals surface area contributed by atoms with E-state index in [1.807, 2.05) is 6.92 Å². The molecule has 14 heavy (non-hydrogen) atoms. The quantitative estimate of drug-likeness (QED) is 0.498. The number of ether oxygens (including phenoxy) is 2. The van der Waals surface area contributed by atoms with E-state index < -0.39 is 5.97 Å². The van der Waals surface area contributed by atoms with Crippen molar-refractivity contribution in [3.63, 3.8) is 0 Å². The molecule has 4 heteroatoms. The van der Waals surface area contributed by atoms with Crippen LogP contribution >= 0.6 is 0 Å². The molecule has 1 unspecified atom stereocenters. The minimum atomic E-state index is -0.455. The fourth-order valence-electron chi connectivity index (χ4n) is 0.697. The molecule has 0 saturated heterocycles. The van der Waals surface area contributed by atoms with Crippen LogP contribution < -0.4 is 0 Å². The number of carbonyl (C=O) groups excluding carboxylic acids is 2. The lowest BCUT2D eigenvalue weighted by Gasteiger charge is -2.15. The van der Waals surface area contributed by atoms with Crippen LogP contribution in [0.15, 0.2) is 12.2 Å². The Bertz CT molecular complexity index is 232. The van der Waals surface area contributed by atoms with E-state index in [2.05, 4.69) is 6.58 Å². The molecular weight excluding hydrogens is 184 g/mol. The summed E-state index contributed by atoms with van der Waals surface area (Å²) < 4.78 is 9.73. The largest absolute Gasteiger partial charge is 0.462 e. The molecule has 0 rings (SSSR count). The van der Waals surface area contributed by atoms with Gasteiger partial charge in [-0.15, -0.1) is 0 Å². The van der Waals surface area contributed by atoms with Crippen LogP contribution in [0.2, 0.25) is 0 Å². The second-order valence-corrected chi connectivity index (χ2v) is 3.02. The predicted molar refractivity (Wildman–Crippen MR) is 51.6 cm³/mol. The van der Waals surface area contributed by atoms with Gasteiger partial charge in [-0.05, 0) is 13.3 Å². The monoisotopic (exact) mass is 200 g/mol. The van der Waals surface area contributed by atoms with Crippen molar-refractivity contribution in [2.45, 2.75) is 33.3 Å². The average molecular weight is 200 g/mol. The van der Waals surface area contributed by atoms with Gasteiger partial charge in [-0.1, -0.05) is 13.5 Å². The zero-order chi connectivity index (χ0) is 11.1. The molecule has 0 aromatic heterocycles. The second kappa shape index (κ2) is 6.18. The van der Waals surface area contributed by atoms with Crippen LogP contribution in [0.25, 0.3) is 0 Å². The first-order valence-electron chi connectivity index (χ1n) is 4.47. The number of hydrogen-bond acceptors (Lipinski definition) is 4. The molecule has 0 spiro atoms. The first-order valence-corrected chi connectivity index (χ1v) is 4.47. The molecule has 0 aliphatic carbocycles. The van der Waals surface area contributed by atoms with Gasteiger partial charge in [0.2, 0.25) is 0 Å². The highest BCUT2D eigenvalue weighted by atomic mass is 16.6. The first kappa shape index (κ1) is 12.7. The summed E-state index contributed by atoms with van der Waals surface area (Å²) in [6.45, 7) is 8.29. The van der Waals surface area contributed by atoms with Gasteiger partial charge in [-0.2, -0.15) is 0 Å². The summed E-state index contributed by atoms with van der Waals surface area (Å²) in [5.74, 6) is -0.834. The van der Waals surface area contributed by atoms with Crippen LogP contribution in [0.5, 0.6) is 0 Å². The fraction of sp³-hybridized carbons (Fsp3) is 0.600. The van der Waals surface area contributed by atoms with Crippen molar-refractivity contribution in [3.05, 3.63) is 12.2 Å². The molecule has 1 atom stereocenters. The van der Waals surface area contributed by atoms with Crippen LogP contribution in [0.1, 0.15) is 27.2 Å². The molecule has 0 bridgehead atoms. The highest BCUT2D eigenvalue weighted by Crippen LogP contribution is 2.03. The normalized spacial score (nSPS) is 11.6. The Kier molecular flexibility index (Phi) is 5.60. The Morgan fingerprint density at radius 3 is 2.29 bits per heavy atom. The van der Waals surface area contributed by atoms with Crippen molar-refractivity contribution in [1.82, 2.24) is 0 Å². The van der Waals surface area contributed by atoms with Gasteiger partial charge in [0.1, 0.15) is 12.7 Å². The summed E-state index contributed by atoms with van der Waals surface area (Å²) in [7, 11) is 0. The van der Waals surface area contributed by atoms with Gasteiger partial charge in [-0.3, -0.25) is 4.79 Å².